The van der Waals surface area contributed by atoms with Crippen molar-refractivity contribution in [2.45, 2.75) is 18.9 Å². The van der Waals surface area contributed by atoms with Crippen LogP contribution in [-0.2, 0) is 11.2 Å². The normalized spacial score (nSPS) is 20.7. The third kappa shape index (κ3) is 2.27. The van der Waals surface area contributed by atoms with Gasteiger partial charge in [0, 0.05) is 13.5 Å². The van der Waals surface area contributed by atoms with Crippen molar-refractivity contribution in [3.05, 3.63) is 48.0 Å². The Balaban J connectivity index is 2.09. The maximum absolute atomic E-state index is 11.5. The molecule has 0 fully saturated rings. The molecule has 0 saturated heterocycles. The molecule has 1 aromatic carbocycles. The molecule has 0 spiro atoms. The Bertz CT molecular complexity index is 369. The first-order chi connectivity index (χ1) is 7.27. The summed E-state index contributed by atoms with van der Waals surface area (Å²) in [5, 5.41) is 0. The maximum Gasteiger partial charge on any atom is 0.226 e. The quantitative estimate of drug-likeness (QED) is 0.670. The number of likely N-dealkylation sites (N-methyl/N-ethyl adjacent to an activating group) is 1. The molecule has 2 rings (SSSR count). The van der Waals surface area contributed by atoms with Gasteiger partial charge in [0.1, 0.15) is 0 Å². The Morgan fingerprint density at radius 3 is 2.80 bits per heavy atom. The Hall–Kier alpha value is -1.57. The predicted molar refractivity (Wildman–Crippen MR) is 60.5 cm³/mol. The molecule has 15 heavy (non-hydrogen) atoms. The molecule has 1 unspecified atom stereocenters. The van der Waals surface area contributed by atoms with Crippen molar-refractivity contribution < 1.29 is 4.79 Å². The zero-order valence-electron chi connectivity index (χ0n) is 8.89. The van der Waals surface area contributed by atoms with E-state index in [1.54, 1.807) is 0 Å². The Morgan fingerprint density at radius 1 is 1.33 bits per heavy atom. The molecular formula is C13H15NO. The SMILES string of the molecule is CN1C(=O)CC=CC1Cc1ccccc1. The van der Waals surface area contributed by atoms with Gasteiger partial charge in [-0.05, 0) is 12.0 Å². The smallest absolute Gasteiger partial charge is 0.226 e. The van der Waals surface area contributed by atoms with Crippen molar-refractivity contribution in [2.75, 3.05) is 7.05 Å². The molecule has 0 N–H and O–H groups in total. The standard InChI is InChI=1S/C13H15NO/c1-14-12(8-5-9-13(14)15)10-11-6-3-2-4-7-11/h2-8,12H,9-10H2,1H3. The van der Waals surface area contributed by atoms with Gasteiger partial charge in [-0.25, -0.2) is 0 Å². The van der Waals surface area contributed by atoms with Gasteiger partial charge in [-0.15, -0.1) is 0 Å². The van der Waals surface area contributed by atoms with Crippen LogP contribution in [0.4, 0.5) is 0 Å². The molecule has 2 nitrogen and oxygen atoms in total. The van der Waals surface area contributed by atoms with E-state index in [4.69, 9.17) is 0 Å². The highest BCUT2D eigenvalue weighted by atomic mass is 16.2. The van der Waals surface area contributed by atoms with E-state index in [0.29, 0.717) is 6.42 Å². The van der Waals surface area contributed by atoms with Gasteiger partial charge in [0.15, 0.2) is 0 Å². The molecule has 1 aromatic rings. The van der Waals surface area contributed by atoms with Gasteiger partial charge < -0.3 is 4.90 Å². The van der Waals surface area contributed by atoms with Crippen LogP contribution in [0, 0.1) is 0 Å². The monoisotopic (exact) mass is 201 g/mol. The van der Waals surface area contributed by atoms with Crippen LogP contribution < -0.4 is 0 Å². The van der Waals surface area contributed by atoms with Crippen LogP contribution in [0.2, 0.25) is 0 Å². The van der Waals surface area contributed by atoms with Gasteiger partial charge in [-0.2, -0.15) is 0 Å². The van der Waals surface area contributed by atoms with Crippen LogP contribution in [0.1, 0.15) is 12.0 Å². The van der Waals surface area contributed by atoms with Gasteiger partial charge in [-0.1, -0.05) is 42.5 Å². The molecule has 2 heteroatoms. The fourth-order valence-electron chi connectivity index (χ4n) is 1.84. The number of carbonyl (C=O) groups is 1. The molecule has 0 bridgehead atoms. The van der Waals surface area contributed by atoms with Crippen molar-refractivity contribution in [2.24, 2.45) is 0 Å². The lowest BCUT2D eigenvalue weighted by atomic mass is 10.0. The number of carbonyl (C=O) groups excluding carboxylic acids is 1. The molecule has 1 aliphatic heterocycles. The van der Waals surface area contributed by atoms with Gasteiger partial charge in [0.05, 0.1) is 6.04 Å². The Kier molecular flexibility index (Phi) is 2.86. The lowest BCUT2D eigenvalue weighted by Crippen LogP contribution is -2.39. The summed E-state index contributed by atoms with van der Waals surface area (Å²) in [5.41, 5.74) is 1.27. The fraction of sp³-hybridized carbons (Fsp3) is 0.308. The van der Waals surface area contributed by atoms with E-state index in [0.717, 1.165) is 6.42 Å². The van der Waals surface area contributed by atoms with Crippen molar-refractivity contribution in [1.82, 2.24) is 4.90 Å². The first-order valence-corrected chi connectivity index (χ1v) is 5.23. The minimum absolute atomic E-state index is 0.207. The molecule has 1 amide bonds. The lowest BCUT2D eigenvalue weighted by Gasteiger charge is -2.28. The van der Waals surface area contributed by atoms with Crippen LogP contribution in [-0.4, -0.2) is 23.9 Å². The van der Waals surface area contributed by atoms with E-state index in [-0.39, 0.29) is 11.9 Å². The van der Waals surface area contributed by atoms with Crippen molar-refractivity contribution in [3.8, 4) is 0 Å². The molecule has 0 saturated carbocycles. The lowest BCUT2D eigenvalue weighted by molar-refractivity contribution is -0.130. The molecule has 1 heterocycles. The summed E-state index contributed by atoms with van der Waals surface area (Å²) in [6.07, 6.45) is 5.53. The third-order valence-electron chi connectivity index (χ3n) is 2.83. The zero-order chi connectivity index (χ0) is 10.7. The van der Waals surface area contributed by atoms with Crippen molar-refractivity contribution in [3.63, 3.8) is 0 Å². The first-order valence-electron chi connectivity index (χ1n) is 5.23. The first kappa shape index (κ1) is 9.97. The van der Waals surface area contributed by atoms with E-state index >= 15 is 0 Å². The van der Waals surface area contributed by atoms with E-state index in [9.17, 15) is 4.79 Å². The van der Waals surface area contributed by atoms with Crippen LogP contribution in [0.25, 0.3) is 0 Å². The highest BCUT2D eigenvalue weighted by molar-refractivity contribution is 5.79. The predicted octanol–water partition coefficient (Wildman–Crippen LogP) is 2.02. The number of hydrogen-bond donors (Lipinski definition) is 0. The highest BCUT2D eigenvalue weighted by Gasteiger charge is 2.20. The minimum Gasteiger partial charge on any atom is -0.339 e. The molecule has 1 aliphatic rings. The van der Waals surface area contributed by atoms with E-state index in [2.05, 4.69) is 18.2 Å². The van der Waals surface area contributed by atoms with Gasteiger partial charge >= 0.3 is 0 Å². The Morgan fingerprint density at radius 2 is 2.07 bits per heavy atom. The van der Waals surface area contributed by atoms with Crippen LogP contribution in [0.3, 0.4) is 0 Å². The maximum atomic E-state index is 11.5. The summed E-state index contributed by atoms with van der Waals surface area (Å²) >= 11 is 0. The second-order valence-electron chi connectivity index (χ2n) is 3.89. The molecular weight excluding hydrogens is 186 g/mol. The van der Waals surface area contributed by atoms with Crippen LogP contribution in [0.5, 0.6) is 0 Å². The molecule has 78 valence electrons. The number of amides is 1. The highest BCUT2D eigenvalue weighted by Crippen LogP contribution is 2.14. The van der Waals surface area contributed by atoms with Gasteiger partial charge in [-0.3, -0.25) is 4.79 Å². The summed E-state index contributed by atoms with van der Waals surface area (Å²) in [7, 11) is 1.87. The summed E-state index contributed by atoms with van der Waals surface area (Å²) in [6.45, 7) is 0. The van der Waals surface area contributed by atoms with Crippen LogP contribution >= 0.6 is 0 Å². The summed E-state index contributed by atoms with van der Waals surface area (Å²) in [4.78, 5) is 13.3. The summed E-state index contributed by atoms with van der Waals surface area (Å²) in [5.74, 6) is 0.207. The van der Waals surface area contributed by atoms with Crippen LogP contribution in [0.15, 0.2) is 42.5 Å². The second kappa shape index (κ2) is 4.30. The average molecular weight is 201 g/mol. The number of hydrogen-bond acceptors (Lipinski definition) is 1. The van der Waals surface area contributed by atoms with E-state index in [1.165, 1.54) is 5.56 Å². The average Bonchev–Trinajstić information content (AvgIpc) is 2.26. The molecule has 0 radical (unpaired) electrons. The summed E-state index contributed by atoms with van der Waals surface area (Å²) in [6, 6.07) is 10.5. The molecule has 1 atom stereocenters. The largest absolute Gasteiger partial charge is 0.339 e. The number of benzene rings is 1. The van der Waals surface area contributed by atoms with Crippen molar-refractivity contribution in [1.29, 1.82) is 0 Å². The second-order valence-corrected chi connectivity index (χ2v) is 3.89. The number of nitrogens with zero attached hydrogens (tertiary/aromatic N) is 1. The van der Waals surface area contributed by atoms with Crippen molar-refractivity contribution >= 4 is 5.91 Å². The molecule has 0 aromatic heterocycles. The summed E-state index contributed by atoms with van der Waals surface area (Å²) < 4.78 is 0. The third-order valence-corrected chi connectivity index (χ3v) is 2.83. The Labute approximate surface area is 90.2 Å². The number of rotatable bonds is 2. The van der Waals surface area contributed by atoms with E-state index in [1.807, 2.05) is 36.2 Å². The minimum atomic E-state index is 0.207. The van der Waals surface area contributed by atoms with Gasteiger partial charge in [0.25, 0.3) is 0 Å². The topological polar surface area (TPSA) is 20.3 Å². The fourth-order valence-corrected chi connectivity index (χ4v) is 1.84. The molecule has 0 aliphatic carbocycles. The zero-order valence-corrected chi connectivity index (χ0v) is 8.89. The van der Waals surface area contributed by atoms with Gasteiger partial charge in [0.2, 0.25) is 5.91 Å². The van der Waals surface area contributed by atoms with E-state index < -0.39 is 0 Å².